The van der Waals surface area contributed by atoms with Crippen molar-refractivity contribution >= 4 is 29.3 Å². The fourth-order valence-corrected chi connectivity index (χ4v) is 2.06. The van der Waals surface area contributed by atoms with Gasteiger partial charge in [0.15, 0.2) is 0 Å². The number of nitrogens with zero attached hydrogens (tertiary/aromatic N) is 2. The topological polar surface area (TPSA) is 93.2 Å². The monoisotopic (exact) mass is 342 g/mol. The molecule has 0 aliphatic heterocycles. The fourth-order valence-electron chi connectivity index (χ4n) is 1.87. The number of nitriles is 1. The molecule has 0 amide bonds. The van der Waals surface area contributed by atoms with Gasteiger partial charge in [0.25, 0.3) is 5.69 Å². The van der Waals surface area contributed by atoms with Gasteiger partial charge in [0, 0.05) is 12.1 Å². The lowest BCUT2D eigenvalue weighted by molar-refractivity contribution is -0.384. The second kappa shape index (κ2) is 7.90. The summed E-state index contributed by atoms with van der Waals surface area (Å²) in [4.78, 5) is 21.9. The van der Waals surface area contributed by atoms with Gasteiger partial charge in [-0.3, -0.25) is 10.1 Å². The molecule has 0 aliphatic carbocycles. The smallest absolute Gasteiger partial charge is 0.331 e. The summed E-state index contributed by atoms with van der Waals surface area (Å²) in [5.74, 6) is -0.602. The molecular weight excluding hydrogens is 332 g/mol. The minimum absolute atomic E-state index is 0.0251. The Kier molecular flexibility index (Phi) is 5.66. The molecule has 0 bridgehead atoms. The van der Waals surface area contributed by atoms with E-state index in [2.05, 4.69) is 0 Å². The number of carbonyl (C=O) groups excluding carboxylic acids is 1. The Morgan fingerprint density at radius 1 is 1.33 bits per heavy atom. The minimum Gasteiger partial charge on any atom is -0.458 e. The van der Waals surface area contributed by atoms with Gasteiger partial charge in [0.05, 0.1) is 16.6 Å². The molecule has 0 unspecified atom stereocenters. The van der Waals surface area contributed by atoms with Crippen molar-refractivity contribution in [3.8, 4) is 6.07 Å². The third kappa shape index (κ3) is 4.66. The third-order valence-electron chi connectivity index (χ3n) is 3.02. The number of nitro benzene ring substituents is 1. The summed E-state index contributed by atoms with van der Waals surface area (Å²) in [6.45, 7) is 0.0272. The van der Waals surface area contributed by atoms with Gasteiger partial charge < -0.3 is 4.74 Å². The van der Waals surface area contributed by atoms with Gasteiger partial charge in [0.2, 0.25) is 0 Å². The molecule has 0 N–H and O–H groups in total. The number of hydrogen-bond donors (Lipinski definition) is 0. The Morgan fingerprint density at radius 2 is 2.12 bits per heavy atom. The lowest BCUT2D eigenvalue weighted by Crippen LogP contribution is -2.00. The van der Waals surface area contributed by atoms with Crippen LogP contribution in [0.15, 0.2) is 48.5 Å². The normalized spacial score (nSPS) is 10.3. The van der Waals surface area contributed by atoms with E-state index in [4.69, 9.17) is 21.6 Å². The highest BCUT2D eigenvalue weighted by Gasteiger charge is 2.11. The highest BCUT2D eigenvalue weighted by molar-refractivity contribution is 6.32. The van der Waals surface area contributed by atoms with Crippen LogP contribution in [0.1, 0.15) is 16.7 Å². The second-order valence-electron chi connectivity index (χ2n) is 4.72. The lowest BCUT2D eigenvalue weighted by Gasteiger charge is -2.02. The molecule has 0 spiro atoms. The van der Waals surface area contributed by atoms with E-state index in [0.717, 1.165) is 0 Å². The molecule has 0 aromatic heterocycles. The van der Waals surface area contributed by atoms with E-state index in [1.807, 2.05) is 6.07 Å². The van der Waals surface area contributed by atoms with E-state index in [1.54, 1.807) is 30.3 Å². The molecule has 0 saturated carbocycles. The predicted octanol–water partition coefficient (Wildman–Crippen LogP) is 3.88. The molecule has 0 radical (unpaired) electrons. The van der Waals surface area contributed by atoms with E-state index in [0.29, 0.717) is 16.7 Å². The average Bonchev–Trinajstić information content (AvgIpc) is 2.59. The summed E-state index contributed by atoms with van der Waals surface area (Å²) >= 11 is 5.72. The first kappa shape index (κ1) is 17.2. The predicted molar refractivity (Wildman–Crippen MR) is 88.1 cm³/mol. The van der Waals surface area contributed by atoms with Crippen LogP contribution in [0.25, 0.3) is 6.08 Å². The summed E-state index contributed by atoms with van der Waals surface area (Å²) < 4.78 is 5.06. The zero-order chi connectivity index (χ0) is 17.5. The Bertz CT molecular complexity index is 856. The van der Waals surface area contributed by atoms with Crippen LogP contribution in [0, 0.1) is 21.4 Å². The second-order valence-corrected chi connectivity index (χ2v) is 5.13. The number of nitro groups is 1. The molecule has 0 saturated heterocycles. The molecule has 2 aromatic carbocycles. The van der Waals surface area contributed by atoms with Crippen molar-refractivity contribution in [3.63, 3.8) is 0 Å². The molecule has 24 heavy (non-hydrogen) atoms. The van der Waals surface area contributed by atoms with E-state index in [1.165, 1.54) is 24.3 Å². The third-order valence-corrected chi connectivity index (χ3v) is 3.34. The van der Waals surface area contributed by atoms with Crippen molar-refractivity contribution in [2.24, 2.45) is 0 Å². The number of halogens is 1. The largest absolute Gasteiger partial charge is 0.458 e. The standard InChI is InChI=1S/C17H11ClN2O4/c18-15-6-4-12(9-16(15)20(22)23)5-7-17(21)24-11-14-3-1-2-13(8-14)10-19/h1-9H,11H2/b7-5+. The zero-order valence-electron chi connectivity index (χ0n) is 12.3. The average molecular weight is 343 g/mol. The molecule has 0 fully saturated rings. The molecule has 120 valence electrons. The number of rotatable bonds is 5. The maximum atomic E-state index is 11.7. The van der Waals surface area contributed by atoms with E-state index < -0.39 is 10.9 Å². The summed E-state index contributed by atoms with van der Waals surface area (Å²) in [5, 5.41) is 19.6. The van der Waals surface area contributed by atoms with Crippen LogP contribution in [-0.4, -0.2) is 10.9 Å². The van der Waals surface area contributed by atoms with Gasteiger partial charge in [-0.2, -0.15) is 5.26 Å². The Morgan fingerprint density at radius 3 is 2.83 bits per heavy atom. The lowest BCUT2D eigenvalue weighted by atomic mass is 10.1. The van der Waals surface area contributed by atoms with Gasteiger partial charge in [-0.15, -0.1) is 0 Å². The SMILES string of the molecule is N#Cc1cccc(COC(=O)/C=C/c2ccc(Cl)c([N+](=O)[O-])c2)c1. The first-order chi connectivity index (χ1) is 11.5. The van der Waals surface area contributed by atoms with Crippen molar-refractivity contribution in [1.29, 1.82) is 5.26 Å². The van der Waals surface area contributed by atoms with Crippen LogP contribution in [-0.2, 0) is 16.1 Å². The molecule has 0 heterocycles. The van der Waals surface area contributed by atoms with Crippen molar-refractivity contribution in [2.45, 2.75) is 6.61 Å². The number of benzene rings is 2. The molecule has 7 heteroatoms. The molecule has 2 aromatic rings. The minimum atomic E-state index is -0.602. The first-order valence-corrected chi connectivity index (χ1v) is 7.15. The maximum absolute atomic E-state index is 11.7. The Hall–Kier alpha value is -3.17. The summed E-state index contributed by atoms with van der Waals surface area (Å²) in [5.41, 5.74) is 1.39. The van der Waals surface area contributed by atoms with E-state index >= 15 is 0 Å². The van der Waals surface area contributed by atoms with Crippen LogP contribution < -0.4 is 0 Å². The fraction of sp³-hybridized carbons (Fsp3) is 0.0588. The van der Waals surface area contributed by atoms with Crippen LogP contribution in [0.4, 0.5) is 5.69 Å². The van der Waals surface area contributed by atoms with Gasteiger partial charge in [-0.25, -0.2) is 4.79 Å². The molecular formula is C17H11ClN2O4. The number of esters is 1. The van der Waals surface area contributed by atoms with Gasteiger partial charge >= 0.3 is 5.97 Å². The Balaban J connectivity index is 1.99. The first-order valence-electron chi connectivity index (χ1n) is 6.77. The van der Waals surface area contributed by atoms with E-state index in [9.17, 15) is 14.9 Å². The maximum Gasteiger partial charge on any atom is 0.331 e. The van der Waals surface area contributed by atoms with Gasteiger partial charge in [0.1, 0.15) is 11.6 Å². The highest BCUT2D eigenvalue weighted by Crippen LogP contribution is 2.25. The number of hydrogen-bond acceptors (Lipinski definition) is 5. The highest BCUT2D eigenvalue weighted by atomic mass is 35.5. The molecule has 0 atom stereocenters. The van der Waals surface area contributed by atoms with Crippen molar-refractivity contribution in [1.82, 2.24) is 0 Å². The van der Waals surface area contributed by atoms with Crippen LogP contribution in [0.2, 0.25) is 5.02 Å². The van der Waals surface area contributed by atoms with Crippen LogP contribution in [0.3, 0.4) is 0 Å². The van der Waals surface area contributed by atoms with Gasteiger partial charge in [-0.05, 0) is 35.4 Å². The van der Waals surface area contributed by atoms with Gasteiger partial charge in [-0.1, -0.05) is 29.8 Å². The molecule has 6 nitrogen and oxygen atoms in total. The van der Waals surface area contributed by atoms with Crippen molar-refractivity contribution < 1.29 is 14.5 Å². The number of ether oxygens (including phenoxy) is 1. The van der Waals surface area contributed by atoms with Crippen molar-refractivity contribution in [2.75, 3.05) is 0 Å². The van der Waals surface area contributed by atoms with E-state index in [-0.39, 0.29) is 17.3 Å². The summed E-state index contributed by atoms with van der Waals surface area (Å²) in [7, 11) is 0. The van der Waals surface area contributed by atoms with Crippen LogP contribution >= 0.6 is 11.6 Å². The quantitative estimate of drug-likeness (QED) is 0.356. The molecule has 2 rings (SSSR count). The van der Waals surface area contributed by atoms with Crippen molar-refractivity contribution in [3.05, 3.63) is 80.4 Å². The summed E-state index contributed by atoms with van der Waals surface area (Å²) in [6, 6.07) is 12.9. The van der Waals surface area contributed by atoms with Crippen LogP contribution in [0.5, 0.6) is 0 Å². The Labute approximate surface area is 142 Å². The zero-order valence-corrected chi connectivity index (χ0v) is 13.1. The summed E-state index contributed by atoms with van der Waals surface area (Å²) in [6.07, 6.45) is 2.57. The number of carbonyl (C=O) groups is 1. The molecule has 0 aliphatic rings.